The molecule has 0 aromatic carbocycles. The number of halogens is 3. The van der Waals surface area contributed by atoms with Crippen LogP contribution in [-0.2, 0) is 11.6 Å². The van der Waals surface area contributed by atoms with Gasteiger partial charge in [-0.3, -0.25) is 0 Å². The lowest BCUT2D eigenvalue weighted by Crippen LogP contribution is -2.14. The van der Waals surface area contributed by atoms with Gasteiger partial charge in [0, 0.05) is 28.6 Å². The summed E-state index contributed by atoms with van der Waals surface area (Å²) in [6.45, 7) is 7.56. The monoisotopic (exact) mass is 295 g/mol. The van der Waals surface area contributed by atoms with Gasteiger partial charge in [-0.15, -0.1) is 0 Å². The highest BCUT2D eigenvalue weighted by molar-refractivity contribution is 5.58. The van der Waals surface area contributed by atoms with Crippen LogP contribution in [-0.4, -0.2) is 15.0 Å². The van der Waals surface area contributed by atoms with Crippen molar-refractivity contribution in [2.45, 2.75) is 39.3 Å². The summed E-state index contributed by atoms with van der Waals surface area (Å²) >= 11 is 0. The van der Waals surface area contributed by atoms with Crippen molar-refractivity contribution in [2.75, 3.05) is 0 Å². The summed E-state index contributed by atoms with van der Waals surface area (Å²) in [6.07, 6.45) is -2.84. The summed E-state index contributed by atoms with van der Waals surface area (Å²) in [6, 6.07) is 4.12. The Morgan fingerprint density at radius 3 is 2.10 bits per heavy atom. The number of hydrogen-bond donors (Lipinski definition) is 0. The third-order valence-electron chi connectivity index (χ3n) is 3.04. The van der Waals surface area contributed by atoms with Crippen LogP contribution in [0, 0.1) is 6.92 Å². The fourth-order valence-electron chi connectivity index (χ4n) is 1.86. The molecule has 0 aliphatic heterocycles. The average Bonchev–Trinajstić information content (AvgIpc) is 2.36. The number of aromatic nitrogens is 3. The lowest BCUT2D eigenvalue weighted by Gasteiger charge is -2.18. The predicted octanol–water partition coefficient (Wildman–Crippen LogP) is 4.16. The molecule has 2 aromatic heterocycles. The van der Waals surface area contributed by atoms with E-state index in [9.17, 15) is 13.2 Å². The van der Waals surface area contributed by atoms with Crippen LogP contribution in [0.5, 0.6) is 0 Å². The van der Waals surface area contributed by atoms with Gasteiger partial charge in [0.2, 0.25) is 0 Å². The highest BCUT2D eigenvalue weighted by Gasteiger charge is 2.32. The van der Waals surface area contributed by atoms with Crippen molar-refractivity contribution >= 4 is 0 Å². The van der Waals surface area contributed by atoms with Crippen molar-refractivity contribution in [3.8, 4) is 11.4 Å². The lowest BCUT2D eigenvalue weighted by atomic mass is 9.92. The molecule has 0 aliphatic rings. The number of rotatable bonds is 1. The van der Waals surface area contributed by atoms with Crippen molar-refractivity contribution < 1.29 is 13.2 Å². The van der Waals surface area contributed by atoms with Crippen LogP contribution in [0.1, 0.15) is 37.9 Å². The van der Waals surface area contributed by atoms with Gasteiger partial charge >= 0.3 is 6.18 Å². The van der Waals surface area contributed by atoms with Gasteiger partial charge < -0.3 is 0 Å². The normalized spacial score (nSPS) is 12.5. The van der Waals surface area contributed by atoms with Crippen molar-refractivity contribution in [3.05, 3.63) is 41.5 Å². The second kappa shape index (κ2) is 5.09. The molecule has 0 spiro atoms. The molecule has 2 rings (SSSR count). The van der Waals surface area contributed by atoms with E-state index >= 15 is 0 Å². The molecular formula is C15H16F3N3. The molecule has 0 amide bonds. The summed E-state index contributed by atoms with van der Waals surface area (Å²) < 4.78 is 37.9. The highest BCUT2D eigenvalue weighted by atomic mass is 19.4. The quantitative estimate of drug-likeness (QED) is 0.792. The maximum Gasteiger partial charge on any atom is 0.433 e. The molecule has 112 valence electrons. The highest BCUT2D eigenvalue weighted by Crippen LogP contribution is 2.30. The zero-order valence-corrected chi connectivity index (χ0v) is 12.3. The van der Waals surface area contributed by atoms with Crippen LogP contribution in [0.4, 0.5) is 13.2 Å². The number of nitrogens with zero attached hydrogens (tertiary/aromatic N) is 3. The van der Waals surface area contributed by atoms with Gasteiger partial charge in [-0.05, 0) is 25.1 Å². The molecule has 21 heavy (non-hydrogen) atoms. The first-order valence-corrected chi connectivity index (χ1v) is 6.48. The molecule has 0 aliphatic carbocycles. The van der Waals surface area contributed by atoms with Crippen LogP contribution in [0.3, 0.4) is 0 Å². The lowest BCUT2D eigenvalue weighted by molar-refractivity contribution is -0.141. The second-order valence-corrected chi connectivity index (χ2v) is 5.84. The Balaban J connectivity index is 2.48. The summed E-state index contributed by atoms with van der Waals surface area (Å²) in [5.41, 5.74) is 0.526. The van der Waals surface area contributed by atoms with E-state index in [0.717, 1.165) is 11.8 Å². The number of aryl methyl sites for hydroxylation is 1. The number of hydrogen-bond acceptors (Lipinski definition) is 3. The minimum atomic E-state index is -4.45. The van der Waals surface area contributed by atoms with Crippen LogP contribution >= 0.6 is 0 Å². The molecule has 0 N–H and O–H groups in total. The molecule has 0 radical (unpaired) electrons. The van der Waals surface area contributed by atoms with E-state index in [-0.39, 0.29) is 11.1 Å². The topological polar surface area (TPSA) is 38.7 Å². The van der Waals surface area contributed by atoms with E-state index in [4.69, 9.17) is 0 Å². The largest absolute Gasteiger partial charge is 0.433 e. The fraction of sp³-hybridized carbons (Fsp3) is 0.400. The van der Waals surface area contributed by atoms with E-state index in [2.05, 4.69) is 15.0 Å². The second-order valence-electron chi connectivity index (χ2n) is 5.84. The standard InChI is InChI=1S/C15H16F3N3/c1-9-10(5-6-12(20-9)15(16,17)18)13-19-8-7-11(21-13)14(2,3)4/h5-8H,1-4H3. The molecule has 0 saturated carbocycles. The molecule has 0 unspecified atom stereocenters. The van der Waals surface area contributed by atoms with Crippen molar-refractivity contribution in [1.82, 2.24) is 15.0 Å². The van der Waals surface area contributed by atoms with Gasteiger partial charge in [-0.2, -0.15) is 13.2 Å². The summed E-state index contributed by atoms with van der Waals surface area (Å²) in [4.78, 5) is 12.2. The summed E-state index contributed by atoms with van der Waals surface area (Å²) in [5.74, 6) is 0.390. The van der Waals surface area contributed by atoms with Gasteiger partial charge in [0.05, 0.1) is 0 Å². The third-order valence-corrected chi connectivity index (χ3v) is 3.04. The molecule has 0 fully saturated rings. The summed E-state index contributed by atoms with van der Waals surface area (Å²) in [5, 5.41) is 0. The maximum atomic E-state index is 12.6. The first-order valence-electron chi connectivity index (χ1n) is 6.48. The first-order chi connectivity index (χ1) is 9.59. The predicted molar refractivity (Wildman–Crippen MR) is 73.7 cm³/mol. The van der Waals surface area contributed by atoms with Crippen molar-refractivity contribution in [1.29, 1.82) is 0 Å². The van der Waals surface area contributed by atoms with Gasteiger partial charge in [0.15, 0.2) is 5.82 Å². The number of pyridine rings is 1. The SMILES string of the molecule is Cc1nc(C(F)(F)F)ccc1-c1nccc(C(C)(C)C)n1. The van der Waals surface area contributed by atoms with E-state index in [1.54, 1.807) is 12.3 Å². The number of alkyl halides is 3. The van der Waals surface area contributed by atoms with Gasteiger partial charge in [0.1, 0.15) is 5.69 Å². The van der Waals surface area contributed by atoms with Crippen LogP contribution in [0.2, 0.25) is 0 Å². The molecule has 6 heteroatoms. The Morgan fingerprint density at radius 1 is 0.905 bits per heavy atom. The van der Waals surface area contributed by atoms with Crippen molar-refractivity contribution in [3.63, 3.8) is 0 Å². The van der Waals surface area contributed by atoms with E-state index in [1.807, 2.05) is 20.8 Å². The Hall–Kier alpha value is -1.98. The molecule has 0 atom stereocenters. The zero-order valence-electron chi connectivity index (χ0n) is 12.3. The van der Waals surface area contributed by atoms with Gasteiger partial charge in [0.25, 0.3) is 0 Å². The first kappa shape index (κ1) is 15.4. The van der Waals surface area contributed by atoms with Gasteiger partial charge in [-0.25, -0.2) is 15.0 Å². The Kier molecular flexibility index (Phi) is 3.74. The van der Waals surface area contributed by atoms with Crippen molar-refractivity contribution in [2.24, 2.45) is 0 Å². The molecular weight excluding hydrogens is 279 g/mol. The Labute approximate surface area is 121 Å². The van der Waals surface area contributed by atoms with Crippen LogP contribution < -0.4 is 0 Å². The third kappa shape index (κ3) is 3.37. The van der Waals surface area contributed by atoms with Crippen LogP contribution in [0.25, 0.3) is 11.4 Å². The summed E-state index contributed by atoms with van der Waals surface area (Å²) in [7, 11) is 0. The van der Waals surface area contributed by atoms with Crippen LogP contribution in [0.15, 0.2) is 24.4 Å². The average molecular weight is 295 g/mol. The molecule has 2 heterocycles. The maximum absolute atomic E-state index is 12.6. The smallest absolute Gasteiger partial charge is 0.248 e. The van der Waals surface area contributed by atoms with E-state index < -0.39 is 11.9 Å². The van der Waals surface area contributed by atoms with E-state index in [1.165, 1.54) is 13.0 Å². The Morgan fingerprint density at radius 2 is 1.57 bits per heavy atom. The van der Waals surface area contributed by atoms with Gasteiger partial charge in [-0.1, -0.05) is 20.8 Å². The van der Waals surface area contributed by atoms with E-state index in [0.29, 0.717) is 11.4 Å². The Bertz CT molecular complexity index is 658. The molecule has 3 nitrogen and oxygen atoms in total. The fourth-order valence-corrected chi connectivity index (χ4v) is 1.86. The molecule has 0 bridgehead atoms. The molecule has 2 aromatic rings. The minimum Gasteiger partial charge on any atom is -0.248 e. The molecule has 0 saturated heterocycles. The zero-order chi connectivity index (χ0) is 15.8. The minimum absolute atomic E-state index is 0.162.